The smallest absolute Gasteiger partial charge is 0.321 e. The zero-order chi connectivity index (χ0) is 24.0. The van der Waals surface area contributed by atoms with Crippen LogP contribution in [0, 0.1) is 0 Å². The highest BCUT2D eigenvalue weighted by molar-refractivity contribution is 7.89. The van der Waals surface area contributed by atoms with Crippen LogP contribution < -0.4 is 19.5 Å². The van der Waals surface area contributed by atoms with E-state index in [1.165, 1.54) is 29.3 Å². The average Bonchev–Trinajstić information content (AvgIpc) is 3.45. The van der Waals surface area contributed by atoms with Crippen molar-refractivity contribution in [2.24, 2.45) is 7.05 Å². The average molecular weight is 496 g/mol. The van der Waals surface area contributed by atoms with E-state index in [0.29, 0.717) is 22.8 Å². The number of amides is 1. The molecule has 0 spiro atoms. The molecule has 0 bridgehead atoms. The Labute approximate surface area is 193 Å². The molecule has 2 aromatic heterocycles. The number of aromatic nitrogens is 3. The number of carbonyl (C=O) groups is 2. The van der Waals surface area contributed by atoms with E-state index >= 15 is 0 Å². The Kier molecular flexibility index (Phi) is 7.63. The van der Waals surface area contributed by atoms with Gasteiger partial charge in [0.2, 0.25) is 10.0 Å². The second-order valence-electron chi connectivity index (χ2n) is 6.49. The molecular weight excluding hydrogens is 474 g/mol. The highest BCUT2D eigenvalue weighted by atomic mass is 32.2. The van der Waals surface area contributed by atoms with Crippen molar-refractivity contribution < 1.29 is 32.2 Å². The number of sulfonamides is 1. The van der Waals surface area contributed by atoms with E-state index in [1.54, 1.807) is 37.7 Å². The summed E-state index contributed by atoms with van der Waals surface area (Å²) in [7, 11) is 0.720. The molecule has 14 heteroatoms. The third-order valence-electron chi connectivity index (χ3n) is 4.20. The summed E-state index contributed by atoms with van der Waals surface area (Å²) < 4.78 is 42.9. The molecule has 1 amide bonds. The summed E-state index contributed by atoms with van der Waals surface area (Å²) in [5.74, 6) is -0.340. The maximum absolute atomic E-state index is 12.1. The fourth-order valence-electron chi connectivity index (χ4n) is 2.60. The maximum Gasteiger partial charge on any atom is 0.321 e. The van der Waals surface area contributed by atoms with Gasteiger partial charge in [-0.1, -0.05) is 0 Å². The van der Waals surface area contributed by atoms with Crippen LogP contribution >= 0.6 is 11.3 Å². The minimum absolute atomic E-state index is 0.0946. The molecule has 0 atom stereocenters. The third-order valence-corrected chi connectivity index (χ3v) is 6.31. The number of hydrogen-bond donors (Lipinski definition) is 2. The number of rotatable bonds is 10. The van der Waals surface area contributed by atoms with E-state index in [0.717, 1.165) is 6.20 Å². The Morgan fingerprint density at radius 1 is 1.21 bits per heavy atom. The Morgan fingerprint density at radius 2 is 2.00 bits per heavy atom. The van der Waals surface area contributed by atoms with E-state index in [-0.39, 0.29) is 10.0 Å². The number of hydrogen-bond acceptors (Lipinski definition) is 10. The number of aryl methyl sites for hydroxylation is 1. The molecule has 0 fully saturated rings. The zero-order valence-corrected chi connectivity index (χ0v) is 19.5. The van der Waals surface area contributed by atoms with E-state index in [1.807, 2.05) is 0 Å². The van der Waals surface area contributed by atoms with Gasteiger partial charge in [0.1, 0.15) is 22.9 Å². The SMILES string of the molecule is COc1ccc(OC)c(-c2csc(NC(=O)COC(=O)CNS(=O)(=O)c3cnn(C)c3)n2)c1. The second-order valence-corrected chi connectivity index (χ2v) is 9.11. The zero-order valence-electron chi connectivity index (χ0n) is 17.9. The lowest BCUT2D eigenvalue weighted by Crippen LogP contribution is -2.32. The molecule has 2 heterocycles. The van der Waals surface area contributed by atoms with Gasteiger partial charge in [0.05, 0.1) is 26.1 Å². The summed E-state index contributed by atoms with van der Waals surface area (Å²) in [6, 6.07) is 5.25. The van der Waals surface area contributed by atoms with E-state index < -0.39 is 35.1 Å². The number of thiazole rings is 1. The fourth-order valence-corrected chi connectivity index (χ4v) is 4.27. The minimum atomic E-state index is -3.92. The monoisotopic (exact) mass is 495 g/mol. The van der Waals surface area contributed by atoms with Crippen LogP contribution in [0.3, 0.4) is 0 Å². The van der Waals surface area contributed by atoms with Crippen LogP contribution in [0.25, 0.3) is 11.3 Å². The number of ether oxygens (including phenoxy) is 3. The molecule has 0 aliphatic carbocycles. The number of anilines is 1. The van der Waals surface area contributed by atoms with Crippen molar-refractivity contribution in [3.05, 3.63) is 36.0 Å². The summed E-state index contributed by atoms with van der Waals surface area (Å²) in [5, 5.41) is 8.30. The highest BCUT2D eigenvalue weighted by Crippen LogP contribution is 2.34. The number of methoxy groups -OCH3 is 2. The van der Waals surface area contributed by atoms with Gasteiger partial charge in [-0.3, -0.25) is 19.6 Å². The van der Waals surface area contributed by atoms with Gasteiger partial charge in [-0.25, -0.2) is 13.4 Å². The summed E-state index contributed by atoms with van der Waals surface area (Å²) in [6.45, 7) is -1.24. The molecule has 0 radical (unpaired) electrons. The normalized spacial score (nSPS) is 11.1. The number of benzene rings is 1. The molecule has 3 rings (SSSR count). The van der Waals surface area contributed by atoms with Crippen molar-refractivity contribution in [3.8, 4) is 22.8 Å². The fraction of sp³-hybridized carbons (Fsp3) is 0.263. The molecular formula is C19H21N5O7S2. The summed E-state index contributed by atoms with van der Waals surface area (Å²) in [4.78, 5) is 28.2. The molecule has 33 heavy (non-hydrogen) atoms. The van der Waals surface area contributed by atoms with Gasteiger partial charge in [0.15, 0.2) is 11.7 Å². The number of carbonyl (C=O) groups excluding carboxylic acids is 2. The summed E-state index contributed by atoms with van der Waals surface area (Å²) in [6.07, 6.45) is 2.43. The molecule has 0 saturated carbocycles. The molecule has 2 N–H and O–H groups in total. The summed E-state index contributed by atoms with van der Waals surface area (Å²) in [5.41, 5.74) is 1.24. The highest BCUT2D eigenvalue weighted by Gasteiger charge is 2.19. The predicted molar refractivity (Wildman–Crippen MR) is 119 cm³/mol. The van der Waals surface area contributed by atoms with Crippen LogP contribution in [0.4, 0.5) is 5.13 Å². The topological polar surface area (TPSA) is 151 Å². The van der Waals surface area contributed by atoms with Gasteiger partial charge in [0.25, 0.3) is 5.91 Å². The van der Waals surface area contributed by atoms with Crippen molar-refractivity contribution in [2.75, 3.05) is 32.7 Å². The van der Waals surface area contributed by atoms with Gasteiger partial charge in [-0.15, -0.1) is 11.3 Å². The molecule has 0 aliphatic heterocycles. The van der Waals surface area contributed by atoms with Crippen LogP contribution in [0.5, 0.6) is 11.5 Å². The van der Waals surface area contributed by atoms with Gasteiger partial charge in [-0.2, -0.15) is 9.82 Å². The first kappa shape index (κ1) is 24.2. The molecule has 0 unspecified atom stereocenters. The predicted octanol–water partition coefficient (Wildman–Crippen LogP) is 1.02. The molecule has 176 valence electrons. The standard InChI is InChI=1S/C19H21N5O7S2/c1-24-9-13(7-20-24)33(27,28)21-8-18(26)31-10-17(25)23-19-22-15(11-32-19)14-6-12(29-2)4-5-16(14)30-3/h4-7,9,11,21H,8,10H2,1-3H3,(H,22,23,25). The van der Waals surface area contributed by atoms with Crippen LogP contribution in [0.15, 0.2) is 40.9 Å². The van der Waals surface area contributed by atoms with E-state index in [9.17, 15) is 18.0 Å². The molecule has 0 aliphatic rings. The molecule has 0 saturated heterocycles. The van der Waals surface area contributed by atoms with Gasteiger partial charge in [0, 0.05) is 24.2 Å². The number of nitrogens with one attached hydrogen (secondary N) is 2. The molecule has 3 aromatic rings. The van der Waals surface area contributed by atoms with Gasteiger partial charge >= 0.3 is 5.97 Å². The van der Waals surface area contributed by atoms with E-state index in [2.05, 4.69) is 20.1 Å². The van der Waals surface area contributed by atoms with Crippen LogP contribution in [-0.4, -0.2) is 62.4 Å². The van der Waals surface area contributed by atoms with Crippen molar-refractivity contribution in [1.82, 2.24) is 19.5 Å². The Morgan fingerprint density at radius 3 is 2.67 bits per heavy atom. The van der Waals surface area contributed by atoms with Crippen molar-refractivity contribution in [1.29, 1.82) is 0 Å². The Balaban J connectivity index is 1.52. The maximum atomic E-state index is 12.1. The quantitative estimate of drug-likeness (QED) is 0.393. The second kappa shape index (κ2) is 10.4. The Hall–Kier alpha value is -3.49. The van der Waals surface area contributed by atoms with Gasteiger partial charge < -0.3 is 14.2 Å². The van der Waals surface area contributed by atoms with Crippen LogP contribution in [-0.2, 0) is 31.4 Å². The lowest BCUT2D eigenvalue weighted by atomic mass is 10.1. The van der Waals surface area contributed by atoms with Crippen LogP contribution in [0.1, 0.15) is 0 Å². The summed E-state index contributed by atoms with van der Waals surface area (Å²) >= 11 is 1.17. The lowest BCUT2D eigenvalue weighted by molar-refractivity contribution is -0.146. The first-order chi connectivity index (χ1) is 15.7. The first-order valence-electron chi connectivity index (χ1n) is 9.33. The van der Waals surface area contributed by atoms with E-state index in [4.69, 9.17) is 14.2 Å². The third kappa shape index (κ3) is 6.27. The van der Waals surface area contributed by atoms with Crippen LogP contribution in [0.2, 0.25) is 0 Å². The Bertz CT molecular complexity index is 1250. The number of esters is 1. The van der Waals surface area contributed by atoms with Crippen molar-refractivity contribution >= 4 is 38.4 Å². The van der Waals surface area contributed by atoms with Crippen molar-refractivity contribution in [3.63, 3.8) is 0 Å². The first-order valence-corrected chi connectivity index (χ1v) is 11.7. The largest absolute Gasteiger partial charge is 0.497 e. The lowest BCUT2D eigenvalue weighted by Gasteiger charge is -2.08. The van der Waals surface area contributed by atoms with Crippen molar-refractivity contribution in [2.45, 2.75) is 4.90 Å². The molecule has 12 nitrogen and oxygen atoms in total. The molecule has 1 aromatic carbocycles. The van der Waals surface area contributed by atoms with Gasteiger partial charge in [-0.05, 0) is 18.2 Å². The minimum Gasteiger partial charge on any atom is -0.497 e. The number of nitrogens with zero attached hydrogens (tertiary/aromatic N) is 3.